The lowest BCUT2D eigenvalue weighted by Gasteiger charge is -2.29. The molecule has 5 heteroatoms. The summed E-state index contributed by atoms with van der Waals surface area (Å²) in [6.07, 6.45) is 0.206. The summed E-state index contributed by atoms with van der Waals surface area (Å²) in [5.74, 6) is 0. The van der Waals surface area contributed by atoms with Crippen LogP contribution in [-0.2, 0) is 6.54 Å². The van der Waals surface area contributed by atoms with E-state index >= 15 is 0 Å². The van der Waals surface area contributed by atoms with Crippen molar-refractivity contribution >= 4 is 6.03 Å². The number of carbonyl (C=O) groups excluding carboxylic acids is 1. The molecule has 2 amide bonds. The van der Waals surface area contributed by atoms with Gasteiger partial charge in [0.05, 0.1) is 12.1 Å². The molecule has 0 unspecified atom stereocenters. The second kappa shape index (κ2) is 6.37. The maximum atomic E-state index is 11.7. The number of nitrogens with one attached hydrogen (secondary N) is 3. The SMILES string of the molecule is O=C(NCc1ccccc1)N[C@H]1CNCC[C@H]1O. The second-order valence-electron chi connectivity index (χ2n) is 4.48. The Morgan fingerprint density at radius 1 is 1.39 bits per heavy atom. The average molecular weight is 249 g/mol. The molecule has 1 aromatic carbocycles. The summed E-state index contributed by atoms with van der Waals surface area (Å²) < 4.78 is 0. The van der Waals surface area contributed by atoms with Gasteiger partial charge < -0.3 is 21.1 Å². The van der Waals surface area contributed by atoms with Gasteiger partial charge in [0.15, 0.2) is 0 Å². The smallest absolute Gasteiger partial charge is 0.315 e. The Morgan fingerprint density at radius 3 is 2.89 bits per heavy atom. The van der Waals surface area contributed by atoms with Crippen LogP contribution >= 0.6 is 0 Å². The molecule has 0 spiro atoms. The first-order valence-corrected chi connectivity index (χ1v) is 6.23. The van der Waals surface area contributed by atoms with Crippen molar-refractivity contribution in [1.29, 1.82) is 0 Å². The van der Waals surface area contributed by atoms with E-state index in [1.807, 2.05) is 30.3 Å². The highest BCUT2D eigenvalue weighted by atomic mass is 16.3. The zero-order chi connectivity index (χ0) is 12.8. The molecule has 1 aliphatic heterocycles. The molecule has 5 nitrogen and oxygen atoms in total. The molecule has 1 aliphatic rings. The first kappa shape index (κ1) is 12.9. The van der Waals surface area contributed by atoms with Crippen LogP contribution in [0.2, 0.25) is 0 Å². The first-order chi connectivity index (χ1) is 8.75. The van der Waals surface area contributed by atoms with Crippen molar-refractivity contribution in [3.63, 3.8) is 0 Å². The van der Waals surface area contributed by atoms with Crippen molar-refractivity contribution < 1.29 is 9.90 Å². The highest BCUT2D eigenvalue weighted by Gasteiger charge is 2.23. The monoisotopic (exact) mass is 249 g/mol. The van der Waals surface area contributed by atoms with Gasteiger partial charge >= 0.3 is 6.03 Å². The van der Waals surface area contributed by atoms with E-state index in [2.05, 4.69) is 16.0 Å². The lowest BCUT2D eigenvalue weighted by Crippen LogP contribution is -2.55. The third-order valence-electron chi connectivity index (χ3n) is 3.06. The highest BCUT2D eigenvalue weighted by molar-refractivity contribution is 5.74. The lowest BCUT2D eigenvalue weighted by atomic mass is 10.0. The summed E-state index contributed by atoms with van der Waals surface area (Å²) in [6.45, 7) is 1.90. The van der Waals surface area contributed by atoms with Crippen LogP contribution in [0.4, 0.5) is 4.79 Å². The predicted octanol–water partition coefficient (Wildman–Crippen LogP) is 0.209. The van der Waals surface area contributed by atoms with Gasteiger partial charge in [0, 0.05) is 13.1 Å². The minimum atomic E-state index is -0.464. The lowest BCUT2D eigenvalue weighted by molar-refractivity contribution is 0.102. The van der Waals surface area contributed by atoms with Gasteiger partial charge in [-0.15, -0.1) is 0 Å². The van der Waals surface area contributed by atoms with Crippen LogP contribution in [0.15, 0.2) is 30.3 Å². The number of piperidine rings is 1. The van der Waals surface area contributed by atoms with E-state index in [0.29, 0.717) is 19.5 Å². The van der Waals surface area contributed by atoms with Crippen LogP contribution in [0.3, 0.4) is 0 Å². The summed E-state index contributed by atoms with van der Waals surface area (Å²) in [5.41, 5.74) is 1.05. The summed E-state index contributed by atoms with van der Waals surface area (Å²) in [6, 6.07) is 9.26. The van der Waals surface area contributed by atoms with Crippen LogP contribution in [-0.4, -0.2) is 36.4 Å². The normalized spacial score (nSPS) is 23.4. The second-order valence-corrected chi connectivity index (χ2v) is 4.48. The molecule has 2 rings (SSSR count). The zero-order valence-electron chi connectivity index (χ0n) is 10.2. The Bertz CT molecular complexity index is 383. The van der Waals surface area contributed by atoms with Crippen LogP contribution < -0.4 is 16.0 Å². The van der Waals surface area contributed by atoms with Crippen molar-refractivity contribution in [3.05, 3.63) is 35.9 Å². The first-order valence-electron chi connectivity index (χ1n) is 6.23. The number of carbonyl (C=O) groups is 1. The summed E-state index contributed by atoms with van der Waals surface area (Å²) >= 11 is 0. The maximum Gasteiger partial charge on any atom is 0.315 e. The minimum Gasteiger partial charge on any atom is -0.391 e. The van der Waals surface area contributed by atoms with Gasteiger partial charge in [0.2, 0.25) is 0 Å². The largest absolute Gasteiger partial charge is 0.391 e. The van der Waals surface area contributed by atoms with Gasteiger partial charge in [0.1, 0.15) is 0 Å². The van der Waals surface area contributed by atoms with Gasteiger partial charge in [-0.2, -0.15) is 0 Å². The molecular formula is C13H19N3O2. The van der Waals surface area contributed by atoms with Crippen molar-refractivity contribution in [1.82, 2.24) is 16.0 Å². The van der Waals surface area contributed by atoms with E-state index in [0.717, 1.165) is 12.1 Å². The summed E-state index contributed by atoms with van der Waals surface area (Å²) in [7, 11) is 0. The molecule has 2 atom stereocenters. The zero-order valence-corrected chi connectivity index (χ0v) is 10.2. The Morgan fingerprint density at radius 2 is 2.17 bits per heavy atom. The van der Waals surface area contributed by atoms with Gasteiger partial charge in [-0.25, -0.2) is 4.79 Å². The minimum absolute atomic E-state index is 0.213. The standard InChI is InChI=1S/C13H19N3O2/c17-12-6-7-14-9-11(12)16-13(18)15-8-10-4-2-1-3-5-10/h1-5,11-12,14,17H,6-9H2,(H2,15,16,18)/t11-,12+/m0/s1. The molecule has 1 heterocycles. The van der Waals surface area contributed by atoms with Crippen molar-refractivity contribution in [3.8, 4) is 0 Å². The average Bonchev–Trinajstić information content (AvgIpc) is 2.40. The number of hydrogen-bond acceptors (Lipinski definition) is 3. The molecule has 18 heavy (non-hydrogen) atoms. The molecule has 1 aromatic rings. The number of aliphatic hydroxyl groups is 1. The quantitative estimate of drug-likeness (QED) is 0.618. The van der Waals surface area contributed by atoms with Crippen LogP contribution in [0.5, 0.6) is 0 Å². The molecule has 0 aromatic heterocycles. The van der Waals surface area contributed by atoms with Crippen molar-refractivity contribution in [2.75, 3.05) is 13.1 Å². The van der Waals surface area contributed by atoms with E-state index in [1.165, 1.54) is 0 Å². The number of rotatable bonds is 3. The topological polar surface area (TPSA) is 73.4 Å². The van der Waals surface area contributed by atoms with Crippen LogP contribution in [0.1, 0.15) is 12.0 Å². The molecule has 4 N–H and O–H groups in total. The molecule has 0 bridgehead atoms. The molecule has 0 aliphatic carbocycles. The Kier molecular flexibility index (Phi) is 4.55. The number of benzene rings is 1. The van der Waals surface area contributed by atoms with Crippen LogP contribution in [0, 0.1) is 0 Å². The Balaban J connectivity index is 1.75. The Labute approximate surface area is 107 Å². The molecule has 0 saturated carbocycles. The van der Waals surface area contributed by atoms with E-state index < -0.39 is 6.10 Å². The summed E-state index contributed by atoms with van der Waals surface area (Å²) in [4.78, 5) is 11.7. The number of hydrogen-bond donors (Lipinski definition) is 4. The maximum absolute atomic E-state index is 11.7. The molecule has 1 fully saturated rings. The Hall–Kier alpha value is -1.59. The molecule has 98 valence electrons. The third-order valence-corrected chi connectivity index (χ3v) is 3.06. The van der Waals surface area contributed by atoms with Gasteiger partial charge in [-0.05, 0) is 18.5 Å². The molecule has 1 saturated heterocycles. The number of aliphatic hydroxyl groups excluding tert-OH is 1. The molecule has 0 radical (unpaired) electrons. The van der Waals surface area contributed by atoms with E-state index in [1.54, 1.807) is 0 Å². The number of amides is 2. The van der Waals surface area contributed by atoms with Gasteiger partial charge in [-0.3, -0.25) is 0 Å². The van der Waals surface area contributed by atoms with E-state index in [4.69, 9.17) is 0 Å². The fraction of sp³-hybridized carbons (Fsp3) is 0.462. The summed E-state index contributed by atoms with van der Waals surface area (Å²) in [5, 5.41) is 18.4. The molecular weight excluding hydrogens is 230 g/mol. The van der Waals surface area contributed by atoms with E-state index in [9.17, 15) is 9.90 Å². The van der Waals surface area contributed by atoms with Crippen molar-refractivity contribution in [2.24, 2.45) is 0 Å². The fourth-order valence-corrected chi connectivity index (χ4v) is 1.99. The highest BCUT2D eigenvalue weighted by Crippen LogP contribution is 2.03. The fourth-order valence-electron chi connectivity index (χ4n) is 1.99. The number of urea groups is 1. The predicted molar refractivity (Wildman–Crippen MR) is 69.1 cm³/mol. The van der Waals surface area contributed by atoms with Gasteiger partial charge in [0.25, 0.3) is 0 Å². The van der Waals surface area contributed by atoms with Gasteiger partial charge in [-0.1, -0.05) is 30.3 Å². The van der Waals surface area contributed by atoms with Crippen molar-refractivity contribution in [2.45, 2.75) is 25.1 Å². The van der Waals surface area contributed by atoms with E-state index in [-0.39, 0.29) is 12.1 Å². The third kappa shape index (κ3) is 3.72. The van der Waals surface area contributed by atoms with Crippen LogP contribution in [0.25, 0.3) is 0 Å².